The number of rotatable bonds is 7. The smallest absolute Gasteiger partial charge is 0.192 e. The molecule has 0 amide bonds. The molecule has 3 aromatic heterocycles. The molecule has 1 saturated carbocycles. The summed E-state index contributed by atoms with van der Waals surface area (Å²) in [5, 5.41) is 11.7. The van der Waals surface area contributed by atoms with Gasteiger partial charge in [-0.25, -0.2) is 0 Å². The average molecular weight is 462 g/mol. The van der Waals surface area contributed by atoms with Gasteiger partial charge in [0.05, 0.1) is 41.1 Å². The van der Waals surface area contributed by atoms with Crippen molar-refractivity contribution in [2.75, 3.05) is 6.54 Å². The monoisotopic (exact) mass is 461 g/mol. The molecule has 3 aromatic rings. The molecule has 0 saturated heterocycles. The molecule has 33 heavy (non-hydrogen) atoms. The Kier molecular flexibility index (Phi) is 6.31. The van der Waals surface area contributed by atoms with Crippen LogP contribution in [0, 0.1) is 13.8 Å². The highest BCUT2D eigenvalue weighted by Gasteiger charge is 2.23. The van der Waals surface area contributed by atoms with Crippen LogP contribution in [0.25, 0.3) is 5.57 Å². The van der Waals surface area contributed by atoms with Gasteiger partial charge in [-0.3, -0.25) is 14.2 Å². The molecule has 0 atom stereocenters. The third-order valence-corrected chi connectivity index (χ3v) is 7.44. The molecule has 0 radical (unpaired) electrons. The largest absolute Gasteiger partial charge is 0.346 e. The highest BCUT2D eigenvalue weighted by molar-refractivity contribution is 7.12. The van der Waals surface area contributed by atoms with Crippen molar-refractivity contribution in [2.24, 2.45) is 0 Å². The van der Waals surface area contributed by atoms with E-state index >= 15 is 0 Å². The lowest BCUT2D eigenvalue weighted by Gasteiger charge is -2.26. The van der Waals surface area contributed by atoms with E-state index in [0.29, 0.717) is 19.1 Å². The second kappa shape index (κ2) is 9.51. The summed E-state index contributed by atoms with van der Waals surface area (Å²) in [4.78, 5) is 15.5. The van der Waals surface area contributed by atoms with Gasteiger partial charge in [0.1, 0.15) is 0 Å². The van der Waals surface area contributed by atoms with E-state index in [-0.39, 0.29) is 5.78 Å². The number of ketones is 1. The molecule has 6 nitrogen and oxygen atoms in total. The fourth-order valence-electron chi connectivity index (χ4n) is 4.92. The highest BCUT2D eigenvalue weighted by Crippen LogP contribution is 2.33. The first-order valence-electron chi connectivity index (χ1n) is 11.9. The lowest BCUT2D eigenvalue weighted by atomic mass is 9.95. The van der Waals surface area contributed by atoms with Gasteiger partial charge in [0.25, 0.3) is 0 Å². The minimum Gasteiger partial charge on any atom is -0.346 e. The predicted octanol–water partition coefficient (Wildman–Crippen LogP) is 5.75. The van der Waals surface area contributed by atoms with Gasteiger partial charge in [0.15, 0.2) is 5.78 Å². The first kappa shape index (κ1) is 21.9. The number of nitrogens with zero attached hydrogens (tertiary/aromatic N) is 5. The Labute approximate surface area is 199 Å². The van der Waals surface area contributed by atoms with Crippen LogP contribution in [0.3, 0.4) is 0 Å². The molecule has 0 unspecified atom stereocenters. The molecule has 0 spiro atoms. The van der Waals surface area contributed by atoms with Gasteiger partial charge < -0.3 is 4.90 Å². The van der Waals surface area contributed by atoms with E-state index in [4.69, 9.17) is 5.10 Å². The predicted molar refractivity (Wildman–Crippen MR) is 132 cm³/mol. The van der Waals surface area contributed by atoms with Crippen LogP contribution in [0.5, 0.6) is 0 Å². The van der Waals surface area contributed by atoms with Gasteiger partial charge in [-0.1, -0.05) is 31.4 Å². The van der Waals surface area contributed by atoms with Crippen molar-refractivity contribution in [3.05, 3.63) is 75.8 Å². The summed E-state index contributed by atoms with van der Waals surface area (Å²) in [6, 6.07) is 8.61. The highest BCUT2D eigenvalue weighted by atomic mass is 32.1. The van der Waals surface area contributed by atoms with Gasteiger partial charge in [0, 0.05) is 18.1 Å². The summed E-state index contributed by atoms with van der Waals surface area (Å²) in [7, 11) is 0. The Hall–Kier alpha value is -2.93. The molecule has 7 heteroatoms. The maximum absolute atomic E-state index is 12.7. The second-order valence-corrected chi connectivity index (χ2v) is 10.1. The topological polar surface area (TPSA) is 56.0 Å². The Morgan fingerprint density at radius 2 is 2.00 bits per heavy atom. The van der Waals surface area contributed by atoms with Crippen LogP contribution in [0.2, 0.25) is 0 Å². The van der Waals surface area contributed by atoms with E-state index in [1.807, 2.05) is 40.2 Å². The third kappa shape index (κ3) is 4.88. The standard InChI is InChI=1S/C26H31N5OS/c1-19-14-20(2)30(27-19)17-22-15-24(31(28-22)23-9-4-3-5-10-23)21-8-6-12-29(16-21)18-25(32)26-11-7-13-33-26/h6-7,11-16,23H,3-5,8-10,17-18H2,1-2H3. The van der Waals surface area contributed by atoms with E-state index in [0.717, 1.165) is 28.4 Å². The summed E-state index contributed by atoms with van der Waals surface area (Å²) in [6.45, 7) is 5.16. The lowest BCUT2D eigenvalue weighted by molar-refractivity contribution is 0.0973. The van der Waals surface area contributed by atoms with Crippen molar-refractivity contribution >= 4 is 22.7 Å². The summed E-state index contributed by atoms with van der Waals surface area (Å²) >= 11 is 1.50. The Bertz CT molecular complexity index is 1180. The number of carbonyl (C=O) groups excluding carboxylic acids is 1. The Balaban J connectivity index is 1.43. The lowest BCUT2D eigenvalue weighted by Crippen LogP contribution is -2.22. The molecule has 0 N–H and O–H groups in total. The average Bonchev–Trinajstić information content (AvgIpc) is 3.56. The van der Waals surface area contributed by atoms with Crippen LogP contribution in [-0.4, -0.2) is 36.8 Å². The minimum atomic E-state index is 0.151. The fourth-order valence-corrected chi connectivity index (χ4v) is 5.57. The van der Waals surface area contributed by atoms with Gasteiger partial charge in [0.2, 0.25) is 0 Å². The van der Waals surface area contributed by atoms with E-state index < -0.39 is 0 Å². The van der Waals surface area contributed by atoms with Gasteiger partial charge >= 0.3 is 0 Å². The number of carbonyl (C=O) groups is 1. The summed E-state index contributed by atoms with van der Waals surface area (Å²) in [6.07, 6.45) is 13.3. The number of aryl methyl sites for hydroxylation is 2. The zero-order chi connectivity index (χ0) is 22.8. The van der Waals surface area contributed by atoms with Gasteiger partial charge in [-0.05, 0) is 62.3 Å². The van der Waals surface area contributed by atoms with Crippen LogP contribution in [0.4, 0.5) is 0 Å². The van der Waals surface area contributed by atoms with E-state index in [9.17, 15) is 4.79 Å². The van der Waals surface area contributed by atoms with Gasteiger partial charge in [-0.15, -0.1) is 11.3 Å². The quantitative estimate of drug-likeness (QED) is 0.420. The maximum Gasteiger partial charge on any atom is 0.192 e. The van der Waals surface area contributed by atoms with Crippen molar-refractivity contribution in [3.8, 4) is 0 Å². The molecule has 1 aliphatic carbocycles. The minimum absolute atomic E-state index is 0.151. The summed E-state index contributed by atoms with van der Waals surface area (Å²) < 4.78 is 4.30. The molecule has 4 heterocycles. The number of hydrogen-bond acceptors (Lipinski definition) is 5. The van der Waals surface area contributed by atoms with Crippen LogP contribution in [0.15, 0.2) is 48.1 Å². The van der Waals surface area contributed by atoms with Crippen LogP contribution in [-0.2, 0) is 6.54 Å². The Morgan fingerprint density at radius 1 is 1.15 bits per heavy atom. The molecule has 172 valence electrons. The molecule has 1 aliphatic heterocycles. The molecule has 5 rings (SSSR count). The van der Waals surface area contributed by atoms with Crippen molar-refractivity contribution in [1.29, 1.82) is 0 Å². The zero-order valence-corrected chi connectivity index (χ0v) is 20.2. The fraction of sp³-hybridized carbons (Fsp3) is 0.423. The first-order valence-corrected chi connectivity index (χ1v) is 12.7. The normalized spacial score (nSPS) is 16.9. The molecule has 0 bridgehead atoms. The number of Topliss-reactive ketones (excluding diaryl/α,β-unsaturated/α-hetero) is 1. The molecular formula is C26H31N5OS. The number of hydrogen-bond donors (Lipinski definition) is 0. The molecule has 1 fully saturated rings. The zero-order valence-electron chi connectivity index (χ0n) is 19.4. The maximum atomic E-state index is 12.7. The van der Waals surface area contributed by atoms with E-state index in [1.165, 1.54) is 54.7 Å². The first-order chi connectivity index (χ1) is 16.1. The second-order valence-electron chi connectivity index (χ2n) is 9.16. The number of thiophene rings is 1. The number of allylic oxidation sites excluding steroid dienone is 2. The Morgan fingerprint density at radius 3 is 2.73 bits per heavy atom. The van der Waals surface area contributed by atoms with Crippen LogP contribution < -0.4 is 0 Å². The van der Waals surface area contributed by atoms with Crippen molar-refractivity contribution < 1.29 is 4.79 Å². The summed E-state index contributed by atoms with van der Waals surface area (Å²) in [5.41, 5.74) is 5.62. The third-order valence-electron chi connectivity index (χ3n) is 6.53. The SMILES string of the molecule is Cc1cc(C)n(Cc2cc(C3=CN(CC(=O)c4cccs4)C=CC3)n(C3CCCCC3)n2)n1. The van der Waals surface area contributed by atoms with E-state index in [2.05, 4.69) is 41.1 Å². The van der Waals surface area contributed by atoms with Crippen LogP contribution >= 0.6 is 11.3 Å². The summed E-state index contributed by atoms with van der Waals surface area (Å²) in [5.74, 6) is 0.151. The van der Waals surface area contributed by atoms with Crippen molar-refractivity contribution in [3.63, 3.8) is 0 Å². The number of aromatic nitrogens is 4. The van der Waals surface area contributed by atoms with Gasteiger partial charge in [-0.2, -0.15) is 10.2 Å². The van der Waals surface area contributed by atoms with Crippen LogP contribution in [0.1, 0.15) is 77.0 Å². The molecule has 0 aromatic carbocycles. The molecular weight excluding hydrogens is 430 g/mol. The van der Waals surface area contributed by atoms with Crippen molar-refractivity contribution in [2.45, 2.75) is 65.0 Å². The molecule has 2 aliphatic rings. The van der Waals surface area contributed by atoms with E-state index in [1.54, 1.807) is 0 Å². The van der Waals surface area contributed by atoms with Crippen molar-refractivity contribution in [1.82, 2.24) is 24.5 Å².